The molecule has 38 heavy (non-hydrogen) atoms. The fourth-order valence-electron chi connectivity index (χ4n) is 6.50. The minimum Gasteiger partial charge on any atom is -0.378 e. The Morgan fingerprint density at radius 1 is 1.11 bits per heavy atom. The summed E-state index contributed by atoms with van der Waals surface area (Å²) in [6.07, 6.45) is 13.4. The molecule has 0 radical (unpaired) electrons. The van der Waals surface area contributed by atoms with Crippen LogP contribution in [0, 0.1) is 12.8 Å². The first-order valence-electron chi connectivity index (χ1n) is 14.1. The third kappa shape index (κ3) is 5.27. The molecular formula is C30H36N6O2. The van der Waals surface area contributed by atoms with Gasteiger partial charge in [-0.15, -0.1) is 5.10 Å². The Bertz CT molecular complexity index is 1420. The number of aromatic nitrogens is 6. The largest absolute Gasteiger partial charge is 0.378 e. The third-order valence-electron chi connectivity index (χ3n) is 8.36. The maximum absolute atomic E-state index is 13.8. The molecule has 1 aromatic carbocycles. The fourth-order valence-corrected chi connectivity index (χ4v) is 6.50. The van der Waals surface area contributed by atoms with Crippen molar-refractivity contribution in [3.05, 3.63) is 81.7 Å². The van der Waals surface area contributed by atoms with Gasteiger partial charge in [0.2, 0.25) is 0 Å². The summed E-state index contributed by atoms with van der Waals surface area (Å²) in [7, 11) is 0. The van der Waals surface area contributed by atoms with E-state index in [2.05, 4.69) is 50.6 Å². The summed E-state index contributed by atoms with van der Waals surface area (Å²) < 4.78 is 8.16. The summed E-state index contributed by atoms with van der Waals surface area (Å²) >= 11 is 0. The number of tetrazole rings is 1. The Balaban J connectivity index is 1.50. The molecule has 8 nitrogen and oxygen atoms in total. The van der Waals surface area contributed by atoms with E-state index in [0.29, 0.717) is 0 Å². The first kappa shape index (κ1) is 24.9. The van der Waals surface area contributed by atoms with Crippen LogP contribution >= 0.6 is 0 Å². The number of pyridine rings is 2. The summed E-state index contributed by atoms with van der Waals surface area (Å²) in [6, 6.07) is 12.6. The maximum Gasteiger partial charge on any atom is 0.252 e. The summed E-state index contributed by atoms with van der Waals surface area (Å²) in [4.78, 5) is 21.3. The minimum atomic E-state index is -0.273. The van der Waals surface area contributed by atoms with Crippen LogP contribution in [0.25, 0.3) is 10.9 Å². The normalized spacial score (nSPS) is 20.1. The molecule has 3 atom stereocenters. The summed E-state index contributed by atoms with van der Waals surface area (Å²) in [6.45, 7) is 2.87. The van der Waals surface area contributed by atoms with E-state index in [0.717, 1.165) is 78.5 Å². The van der Waals surface area contributed by atoms with Crippen LogP contribution in [0.3, 0.4) is 0 Å². The third-order valence-corrected chi connectivity index (χ3v) is 8.36. The Hall–Kier alpha value is -3.39. The number of hydrogen-bond donors (Lipinski definition) is 1. The van der Waals surface area contributed by atoms with Crippen LogP contribution in [0.5, 0.6) is 0 Å². The van der Waals surface area contributed by atoms with Crippen molar-refractivity contribution in [3.63, 3.8) is 0 Å². The standard InChI is InChI=1S/C30H36N6O2/c1-20-11-12-27-22(15-20)18-26(30(37)32-27)28(29-33-34-35-36(29)24-8-3-2-4-9-24)23(17-25-10-6-14-38-25)16-21-7-5-13-31-19-21/h5,7,11-13,15,18-19,23-25,28H,2-4,6,8-10,14,16-17H2,1H3,(H,32,37)/t23-,25+,28-/m1/s1. The summed E-state index contributed by atoms with van der Waals surface area (Å²) in [5.41, 5.74) is 3.79. The number of rotatable bonds is 8. The van der Waals surface area contributed by atoms with Gasteiger partial charge >= 0.3 is 0 Å². The highest BCUT2D eigenvalue weighted by molar-refractivity contribution is 5.79. The first-order valence-corrected chi connectivity index (χ1v) is 14.1. The second kappa shape index (κ2) is 11.2. The van der Waals surface area contributed by atoms with Gasteiger partial charge in [-0.25, -0.2) is 4.68 Å². The van der Waals surface area contributed by atoms with Gasteiger partial charge in [0.15, 0.2) is 5.82 Å². The quantitative estimate of drug-likeness (QED) is 0.345. The van der Waals surface area contributed by atoms with Crippen LogP contribution in [-0.4, -0.2) is 42.9 Å². The van der Waals surface area contributed by atoms with Crippen molar-refractivity contribution in [2.24, 2.45) is 5.92 Å². The molecule has 1 aliphatic heterocycles. The van der Waals surface area contributed by atoms with Crippen molar-refractivity contribution in [3.8, 4) is 0 Å². The molecule has 3 aromatic heterocycles. The van der Waals surface area contributed by atoms with E-state index in [-0.39, 0.29) is 29.5 Å². The highest BCUT2D eigenvalue weighted by Crippen LogP contribution is 2.39. The molecule has 8 heteroatoms. The smallest absolute Gasteiger partial charge is 0.252 e. The van der Waals surface area contributed by atoms with Gasteiger partial charge < -0.3 is 9.72 Å². The zero-order chi connectivity index (χ0) is 25.9. The number of ether oxygens (including phenoxy) is 1. The van der Waals surface area contributed by atoms with E-state index in [4.69, 9.17) is 4.74 Å². The molecule has 0 bridgehead atoms. The topological polar surface area (TPSA) is 98.6 Å². The molecule has 1 aliphatic carbocycles. The van der Waals surface area contributed by atoms with Crippen molar-refractivity contribution >= 4 is 10.9 Å². The molecule has 0 spiro atoms. The Morgan fingerprint density at radius 3 is 2.79 bits per heavy atom. The average Bonchev–Trinajstić information content (AvgIpc) is 3.63. The van der Waals surface area contributed by atoms with Crippen LogP contribution in [-0.2, 0) is 11.2 Å². The molecule has 1 saturated heterocycles. The van der Waals surface area contributed by atoms with Crippen molar-refractivity contribution in [1.29, 1.82) is 0 Å². The lowest BCUT2D eigenvalue weighted by molar-refractivity contribution is 0.0860. The summed E-state index contributed by atoms with van der Waals surface area (Å²) in [5.74, 6) is 0.588. The van der Waals surface area contributed by atoms with Gasteiger partial charge in [0, 0.05) is 30.1 Å². The highest BCUT2D eigenvalue weighted by atomic mass is 16.5. The first-order chi connectivity index (χ1) is 18.7. The van der Waals surface area contributed by atoms with E-state index in [1.807, 2.05) is 29.1 Å². The van der Waals surface area contributed by atoms with E-state index in [9.17, 15) is 4.79 Å². The van der Waals surface area contributed by atoms with Gasteiger partial charge in [-0.1, -0.05) is 37.0 Å². The number of aryl methyl sites for hydroxylation is 1. The number of nitrogens with zero attached hydrogens (tertiary/aromatic N) is 5. The Morgan fingerprint density at radius 2 is 2.00 bits per heavy atom. The predicted octanol–water partition coefficient (Wildman–Crippen LogP) is 5.28. The van der Waals surface area contributed by atoms with Gasteiger partial charge in [0.25, 0.3) is 5.56 Å². The molecule has 4 aromatic rings. The van der Waals surface area contributed by atoms with Gasteiger partial charge in [-0.05, 0) is 97.0 Å². The summed E-state index contributed by atoms with van der Waals surface area (Å²) in [5, 5.41) is 14.4. The van der Waals surface area contributed by atoms with Crippen LogP contribution in [0.2, 0.25) is 0 Å². The lowest BCUT2D eigenvalue weighted by Crippen LogP contribution is -2.30. The van der Waals surface area contributed by atoms with Crippen LogP contribution in [0.15, 0.2) is 53.6 Å². The maximum atomic E-state index is 13.8. The predicted molar refractivity (Wildman–Crippen MR) is 146 cm³/mol. The number of nitrogens with one attached hydrogen (secondary N) is 1. The minimum absolute atomic E-state index is 0.0685. The number of H-pyrrole nitrogens is 1. The second-order valence-electron chi connectivity index (χ2n) is 11.1. The van der Waals surface area contributed by atoms with Crippen molar-refractivity contribution in [2.75, 3.05) is 6.61 Å². The molecule has 2 fully saturated rings. The molecule has 1 saturated carbocycles. The Kier molecular flexibility index (Phi) is 7.31. The monoisotopic (exact) mass is 512 g/mol. The lowest BCUT2D eigenvalue weighted by Gasteiger charge is -2.30. The van der Waals surface area contributed by atoms with Crippen molar-refractivity contribution in [2.45, 2.75) is 82.8 Å². The second-order valence-corrected chi connectivity index (χ2v) is 11.1. The van der Waals surface area contributed by atoms with Gasteiger partial charge in [-0.3, -0.25) is 9.78 Å². The van der Waals surface area contributed by atoms with Crippen molar-refractivity contribution < 1.29 is 4.74 Å². The van der Waals surface area contributed by atoms with E-state index >= 15 is 0 Å². The SMILES string of the molecule is Cc1ccc2[nH]c(=O)c([C@H](c3nnnn3C3CCCCC3)[C@H](Cc3cccnc3)C[C@@H]3CCCO3)cc2c1. The van der Waals surface area contributed by atoms with Gasteiger partial charge in [0.05, 0.1) is 18.1 Å². The van der Waals surface area contributed by atoms with Crippen LogP contribution in [0.1, 0.15) is 85.8 Å². The molecule has 0 amide bonds. The molecule has 198 valence electrons. The number of hydrogen-bond acceptors (Lipinski definition) is 6. The van der Waals surface area contributed by atoms with E-state index in [1.54, 1.807) is 6.20 Å². The van der Waals surface area contributed by atoms with Crippen LogP contribution in [0.4, 0.5) is 0 Å². The number of benzene rings is 1. The lowest BCUT2D eigenvalue weighted by atomic mass is 9.78. The molecular weight excluding hydrogens is 476 g/mol. The van der Waals surface area contributed by atoms with Gasteiger partial charge in [0.1, 0.15) is 0 Å². The fraction of sp³-hybridized carbons (Fsp3) is 0.500. The molecule has 4 heterocycles. The molecule has 6 rings (SSSR count). The molecule has 0 unspecified atom stereocenters. The Labute approximate surface area is 222 Å². The molecule has 2 aliphatic rings. The molecule has 1 N–H and O–H groups in total. The van der Waals surface area contributed by atoms with Crippen LogP contribution < -0.4 is 5.56 Å². The van der Waals surface area contributed by atoms with E-state index < -0.39 is 0 Å². The van der Waals surface area contributed by atoms with E-state index in [1.165, 1.54) is 19.3 Å². The zero-order valence-electron chi connectivity index (χ0n) is 22.1. The zero-order valence-corrected chi connectivity index (χ0v) is 22.1. The van der Waals surface area contributed by atoms with Crippen molar-refractivity contribution in [1.82, 2.24) is 30.2 Å². The highest BCUT2D eigenvalue weighted by Gasteiger charge is 2.36. The number of aromatic amines is 1. The number of fused-ring (bicyclic) bond motifs is 1. The average molecular weight is 513 g/mol. The van der Waals surface area contributed by atoms with Gasteiger partial charge in [-0.2, -0.15) is 0 Å².